The molecule has 1 aliphatic carbocycles. The first kappa shape index (κ1) is 24.3. The van der Waals surface area contributed by atoms with Gasteiger partial charge in [0.1, 0.15) is 29.4 Å². The average Bonchev–Trinajstić information content (AvgIpc) is 3.31. The second-order valence-corrected chi connectivity index (χ2v) is 8.13. The summed E-state index contributed by atoms with van der Waals surface area (Å²) in [7, 11) is 0. The lowest BCUT2D eigenvalue weighted by Gasteiger charge is -2.27. The van der Waals surface area contributed by atoms with Crippen LogP contribution >= 0.6 is 0 Å². The summed E-state index contributed by atoms with van der Waals surface area (Å²) >= 11 is 0. The van der Waals surface area contributed by atoms with E-state index in [4.69, 9.17) is 9.26 Å². The van der Waals surface area contributed by atoms with Crippen LogP contribution in [0.15, 0.2) is 35.1 Å². The zero-order chi connectivity index (χ0) is 25.1. The van der Waals surface area contributed by atoms with E-state index in [-0.39, 0.29) is 46.2 Å². The van der Waals surface area contributed by atoms with Gasteiger partial charge in [0, 0.05) is 23.8 Å². The molecule has 184 valence electrons. The van der Waals surface area contributed by atoms with E-state index in [9.17, 15) is 27.2 Å². The number of anilines is 1. The predicted octanol–water partition coefficient (Wildman–Crippen LogP) is 4.78. The van der Waals surface area contributed by atoms with Gasteiger partial charge in [0.25, 0.3) is 18.2 Å². The quantitative estimate of drug-likeness (QED) is 0.473. The highest BCUT2D eigenvalue weighted by molar-refractivity contribution is 6.04. The Balaban J connectivity index is 1.72. The molecule has 12 heteroatoms. The summed E-state index contributed by atoms with van der Waals surface area (Å²) in [6.45, 7) is 0.850. The van der Waals surface area contributed by atoms with E-state index in [1.807, 2.05) is 0 Å². The number of rotatable bonds is 7. The Hall–Kier alpha value is -3.83. The number of alkyl halides is 2. The van der Waals surface area contributed by atoms with Crippen molar-refractivity contribution in [2.24, 2.45) is 5.92 Å². The fourth-order valence-electron chi connectivity index (χ4n) is 3.96. The minimum absolute atomic E-state index is 0.0139. The van der Waals surface area contributed by atoms with Gasteiger partial charge in [0.05, 0.1) is 17.4 Å². The van der Waals surface area contributed by atoms with Crippen LogP contribution in [0.3, 0.4) is 0 Å². The molecule has 1 fully saturated rings. The number of hydrogen-bond donors (Lipinski definition) is 1. The molecule has 0 saturated heterocycles. The van der Waals surface area contributed by atoms with Gasteiger partial charge < -0.3 is 14.6 Å². The van der Waals surface area contributed by atoms with Crippen LogP contribution in [0, 0.1) is 17.6 Å². The zero-order valence-corrected chi connectivity index (χ0v) is 18.4. The average molecular weight is 492 g/mol. The molecular formula is C23H20F4N4O4. The molecule has 0 radical (unpaired) electrons. The molecule has 0 bridgehead atoms. The Morgan fingerprint density at radius 3 is 2.80 bits per heavy atom. The first-order valence-corrected chi connectivity index (χ1v) is 10.7. The standard InChI is InChI=1S/C23H20F4N4O4/c1-11-6-12(2-5-16(11)32)20-22(21(29-10-28-20)14-7-13(24)3-4-15(14)25)30-23(33)17-8-19(31-35-17)34-9-18(26)27/h3-4,7-8,10-12,18H,2,5-6,9H2,1H3,(H,30,33). The lowest BCUT2D eigenvalue weighted by Crippen LogP contribution is -2.24. The summed E-state index contributed by atoms with van der Waals surface area (Å²) in [5.74, 6) is -3.46. The third-order valence-electron chi connectivity index (χ3n) is 5.68. The Kier molecular flexibility index (Phi) is 7.08. The van der Waals surface area contributed by atoms with Crippen LogP contribution in [0.1, 0.15) is 48.4 Å². The van der Waals surface area contributed by atoms with Crippen molar-refractivity contribution in [1.82, 2.24) is 15.1 Å². The highest BCUT2D eigenvalue weighted by Gasteiger charge is 2.31. The van der Waals surface area contributed by atoms with Gasteiger partial charge in [0.2, 0.25) is 5.76 Å². The van der Waals surface area contributed by atoms with Crippen LogP contribution in [-0.4, -0.2) is 39.8 Å². The van der Waals surface area contributed by atoms with Gasteiger partial charge in [-0.1, -0.05) is 6.92 Å². The topological polar surface area (TPSA) is 107 Å². The normalized spacial score (nSPS) is 18.1. The molecule has 0 spiro atoms. The molecule has 0 aliphatic heterocycles. The second kappa shape index (κ2) is 10.2. The van der Waals surface area contributed by atoms with Crippen molar-refractivity contribution >= 4 is 17.4 Å². The number of Topliss-reactive ketones (excluding diaryl/α,β-unsaturated/α-hetero) is 1. The summed E-state index contributed by atoms with van der Waals surface area (Å²) in [5.41, 5.74) is 0.0843. The molecule has 2 aromatic heterocycles. The van der Waals surface area contributed by atoms with Crippen LogP contribution in [0.5, 0.6) is 5.88 Å². The van der Waals surface area contributed by atoms with Gasteiger partial charge in [-0.15, -0.1) is 0 Å². The van der Waals surface area contributed by atoms with E-state index in [1.54, 1.807) is 6.92 Å². The maximum absolute atomic E-state index is 14.6. The Morgan fingerprint density at radius 1 is 1.26 bits per heavy atom. The number of carbonyl (C=O) groups is 2. The number of amides is 1. The van der Waals surface area contributed by atoms with E-state index in [2.05, 4.69) is 20.4 Å². The minimum atomic E-state index is -2.75. The first-order valence-electron chi connectivity index (χ1n) is 10.7. The Labute approximate surface area is 196 Å². The van der Waals surface area contributed by atoms with Crippen molar-refractivity contribution in [2.45, 2.75) is 38.5 Å². The third kappa shape index (κ3) is 5.47. The van der Waals surface area contributed by atoms with Crippen LogP contribution < -0.4 is 10.1 Å². The number of benzene rings is 1. The highest BCUT2D eigenvalue weighted by atomic mass is 19.3. The molecule has 35 heavy (non-hydrogen) atoms. The molecular weight excluding hydrogens is 472 g/mol. The smallest absolute Gasteiger partial charge is 0.294 e. The number of ketones is 1. The number of nitrogens with one attached hydrogen (secondary N) is 1. The highest BCUT2D eigenvalue weighted by Crippen LogP contribution is 2.40. The number of hydrogen-bond acceptors (Lipinski definition) is 7. The summed E-state index contributed by atoms with van der Waals surface area (Å²) < 4.78 is 62.9. The number of halogens is 4. The molecule has 1 aliphatic rings. The van der Waals surface area contributed by atoms with E-state index in [0.29, 0.717) is 25.0 Å². The lowest BCUT2D eigenvalue weighted by molar-refractivity contribution is -0.124. The fraction of sp³-hybridized carbons (Fsp3) is 0.348. The molecule has 2 unspecified atom stereocenters. The van der Waals surface area contributed by atoms with E-state index in [1.165, 1.54) is 6.33 Å². The van der Waals surface area contributed by atoms with Gasteiger partial charge in [-0.3, -0.25) is 9.59 Å². The maximum atomic E-state index is 14.6. The van der Waals surface area contributed by atoms with E-state index < -0.39 is 30.6 Å². The molecule has 1 amide bonds. The van der Waals surface area contributed by atoms with E-state index in [0.717, 1.165) is 24.3 Å². The van der Waals surface area contributed by atoms with Crippen molar-refractivity contribution in [3.8, 4) is 17.1 Å². The van der Waals surface area contributed by atoms with Crippen molar-refractivity contribution in [3.05, 3.63) is 53.7 Å². The van der Waals surface area contributed by atoms with Crippen molar-refractivity contribution in [3.63, 3.8) is 0 Å². The predicted molar refractivity (Wildman–Crippen MR) is 114 cm³/mol. The number of carbonyl (C=O) groups excluding carboxylic acids is 2. The number of ether oxygens (including phenoxy) is 1. The van der Waals surface area contributed by atoms with Gasteiger partial charge in [0.15, 0.2) is 6.61 Å². The first-order chi connectivity index (χ1) is 16.7. The zero-order valence-electron chi connectivity index (χ0n) is 18.4. The van der Waals surface area contributed by atoms with Crippen molar-refractivity contribution in [2.75, 3.05) is 11.9 Å². The number of aromatic nitrogens is 3. The Bertz CT molecular complexity index is 1250. The fourth-order valence-corrected chi connectivity index (χ4v) is 3.96. The van der Waals surface area contributed by atoms with Crippen molar-refractivity contribution in [1.29, 1.82) is 0 Å². The molecule has 1 saturated carbocycles. The van der Waals surface area contributed by atoms with Gasteiger partial charge in [-0.2, -0.15) is 0 Å². The molecule has 3 aromatic rings. The second-order valence-electron chi connectivity index (χ2n) is 8.13. The Morgan fingerprint density at radius 2 is 2.06 bits per heavy atom. The largest absolute Gasteiger partial charge is 0.469 e. The summed E-state index contributed by atoms with van der Waals surface area (Å²) in [6.07, 6.45) is -0.378. The van der Waals surface area contributed by atoms with Gasteiger partial charge in [-0.05, 0) is 36.2 Å². The van der Waals surface area contributed by atoms with E-state index >= 15 is 0 Å². The van der Waals surface area contributed by atoms with Crippen LogP contribution in [0.4, 0.5) is 23.2 Å². The molecule has 1 aromatic carbocycles. The minimum Gasteiger partial charge on any atom is -0.469 e. The molecule has 4 rings (SSSR count). The molecule has 2 heterocycles. The molecule has 1 N–H and O–H groups in total. The van der Waals surface area contributed by atoms with Gasteiger partial charge in [-0.25, -0.2) is 27.5 Å². The maximum Gasteiger partial charge on any atom is 0.294 e. The van der Waals surface area contributed by atoms with Crippen molar-refractivity contribution < 1.29 is 36.4 Å². The molecule has 2 atom stereocenters. The summed E-state index contributed by atoms with van der Waals surface area (Å²) in [4.78, 5) is 33.3. The van der Waals surface area contributed by atoms with Gasteiger partial charge >= 0.3 is 0 Å². The summed E-state index contributed by atoms with van der Waals surface area (Å²) in [5, 5.41) is 5.98. The third-order valence-corrected chi connectivity index (χ3v) is 5.68. The van der Waals surface area contributed by atoms with Crippen LogP contribution in [0.25, 0.3) is 11.3 Å². The van der Waals surface area contributed by atoms with Crippen LogP contribution in [-0.2, 0) is 4.79 Å². The SMILES string of the molecule is CC1CC(c2ncnc(-c3cc(F)ccc3F)c2NC(=O)c2cc(OCC(F)F)no2)CCC1=O. The summed E-state index contributed by atoms with van der Waals surface area (Å²) in [6, 6.07) is 3.84. The lowest BCUT2D eigenvalue weighted by atomic mass is 9.79. The van der Waals surface area contributed by atoms with Crippen LogP contribution in [0.2, 0.25) is 0 Å². The monoisotopic (exact) mass is 492 g/mol. The number of nitrogens with zero attached hydrogens (tertiary/aromatic N) is 3. The molecule has 8 nitrogen and oxygen atoms in total.